The van der Waals surface area contributed by atoms with Crippen molar-refractivity contribution in [2.45, 2.75) is 39.0 Å². The van der Waals surface area contributed by atoms with Gasteiger partial charge in [0, 0.05) is 25.2 Å². The number of sulfonamides is 1. The number of aryl methyl sites for hydroxylation is 2. The minimum Gasteiger partial charge on any atom is -0.302 e. The van der Waals surface area contributed by atoms with Crippen LogP contribution in [0.15, 0.2) is 65.6 Å². The predicted molar refractivity (Wildman–Crippen MR) is 160 cm³/mol. The fourth-order valence-electron chi connectivity index (χ4n) is 4.96. The number of anilines is 2. The van der Waals surface area contributed by atoms with Gasteiger partial charge in [0.1, 0.15) is 0 Å². The van der Waals surface area contributed by atoms with E-state index < -0.39 is 10.0 Å². The van der Waals surface area contributed by atoms with Crippen LogP contribution >= 0.6 is 11.3 Å². The number of carbonyl (C=O) groups is 1. The van der Waals surface area contributed by atoms with E-state index in [1.54, 1.807) is 17.0 Å². The Morgan fingerprint density at radius 3 is 2.38 bits per heavy atom. The van der Waals surface area contributed by atoms with Crippen molar-refractivity contribution in [2.75, 3.05) is 41.9 Å². The minimum absolute atomic E-state index is 0.177. The number of hydrogen-bond donors (Lipinski definition) is 0. The summed E-state index contributed by atoms with van der Waals surface area (Å²) in [6.45, 7) is 11.8. The van der Waals surface area contributed by atoms with Crippen molar-refractivity contribution in [3.05, 3.63) is 82.9 Å². The molecule has 0 bridgehead atoms. The Morgan fingerprint density at radius 2 is 1.67 bits per heavy atom. The molecule has 0 spiro atoms. The monoisotopic (exact) mass is 562 g/mol. The molecule has 5 rings (SSSR count). The lowest BCUT2D eigenvalue weighted by Gasteiger charge is -2.25. The molecule has 1 amide bonds. The molecule has 1 aliphatic heterocycles. The fraction of sp³-hybridized carbons (Fsp3) is 0.333. The van der Waals surface area contributed by atoms with Crippen LogP contribution in [0.2, 0.25) is 0 Å². The quantitative estimate of drug-likeness (QED) is 0.264. The average Bonchev–Trinajstić information content (AvgIpc) is 3.56. The van der Waals surface area contributed by atoms with Crippen LogP contribution in [0, 0.1) is 13.8 Å². The van der Waals surface area contributed by atoms with Crippen molar-refractivity contribution in [3.8, 4) is 0 Å². The number of fused-ring (bicyclic) bond motifs is 2. The molecule has 7 nitrogen and oxygen atoms in total. The van der Waals surface area contributed by atoms with Crippen LogP contribution in [-0.2, 0) is 16.4 Å². The van der Waals surface area contributed by atoms with Crippen molar-refractivity contribution in [3.63, 3.8) is 0 Å². The Bertz CT molecular complexity index is 1570. The molecule has 1 aliphatic rings. The summed E-state index contributed by atoms with van der Waals surface area (Å²) in [5.74, 6) is -0.190. The molecular weight excluding hydrogens is 528 g/mol. The summed E-state index contributed by atoms with van der Waals surface area (Å²) < 4.78 is 29.4. The smallest absolute Gasteiger partial charge is 0.264 e. The van der Waals surface area contributed by atoms with Gasteiger partial charge in [0.05, 0.1) is 20.8 Å². The summed E-state index contributed by atoms with van der Waals surface area (Å²) in [7, 11) is -3.73. The first-order valence-electron chi connectivity index (χ1n) is 13.4. The van der Waals surface area contributed by atoms with Crippen LogP contribution in [0.5, 0.6) is 0 Å². The van der Waals surface area contributed by atoms with Gasteiger partial charge < -0.3 is 4.90 Å². The van der Waals surface area contributed by atoms with E-state index in [4.69, 9.17) is 4.98 Å². The Kier molecular flexibility index (Phi) is 7.75. The SMILES string of the molecule is CCN(CC)CCN(C(=O)c1ccc(S(=O)(=O)N2CCc3ccccc32)cc1)c1nc2cc(C)c(C)cc2s1. The number of nitrogens with zero attached hydrogens (tertiary/aromatic N) is 4. The van der Waals surface area contributed by atoms with Crippen LogP contribution in [0.3, 0.4) is 0 Å². The van der Waals surface area contributed by atoms with Crippen LogP contribution in [0.25, 0.3) is 10.2 Å². The maximum atomic E-state index is 13.8. The molecule has 4 aromatic rings. The van der Waals surface area contributed by atoms with Gasteiger partial charge in [0.15, 0.2) is 5.13 Å². The first-order chi connectivity index (χ1) is 18.7. The molecule has 0 atom stereocenters. The van der Waals surface area contributed by atoms with Gasteiger partial charge in [0.25, 0.3) is 15.9 Å². The zero-order chi connectivity index (χ0) is 27.7. The van der Waals surface area contributed by atoms with Crippen molar-refractivity contribution in [1.82, 2.24) is 9.88 Å². The Labute approximate surface area is 234 Å². The highest BCUT2D eigenvalue weighted by molar-refractivity contribution is 7.92. The second-order valence-corrected chi connectivity index (χ2v) is 12.7. The van der Waals surface area contributed by atoms with Crippen molar-refractivity contribution in [1.29, 1.82) is 0 Å². The highest BCUT2D eigenvalue weighted by Crippen LogP contribution is 2.34. The molecule has 0 unspecified atom stereocenters. The molecule has 204 valence electrons. The van der Waals surface area contributed by atoms with Gasteiger partial charge in [-0.2, -0.15) is 0 Å². The number of para-hydroxylation sites is 1. The summed E-state index contributed by atoms with van der Waals surface area (Å²) >= 11 is 1.51. The minimum atomic E-state index is -3.73. The molecule has 9 heteroatoms. The maximum Gasteiger partial charge on any atom is 0.264 e. The van der Waals surface area contributed by atoms with Gasteiger partial charge in [-0.3, -0.25) is 14.0 Å². The lowest BCUT2D eigenvalue weighted by atomic mass is 10.1. The second-order valence-electron chi connectivity index (χ2n) is 9.86. The van der Waals surface area contributed by atoms with E-state index in [2.05, 4.69) is 44.7 Å². The van der Waals surface area contributed by atoms with E-state index in [1.165, 1.54) is 33.3 Å². The lowest BCUT2D eigenvalue weighted by Crippen LogP contribution is -2.39. The highest BCUT2D eigenvalue weighted by atomic mass is 32.2. The molecule has 0 saturated carbocycles. The van der Waals surface area contributed by atoms with E-state index >= 15 is 0 Å². The fourth-order valence-corrected chi connectivity index (χ4v) is 7.53. The highest BCUT2D eigenvalue weighted by Gasteiger charge is 2.31. The zero-order valence-electron chi connectivity index (χ0n) is 22.8. The van der Waals surface area contributed by atoms with E-state index in [-0.39, 0.29) is 10.8 Å². The maximum absolute atomic E-state index is 13.8. The third kappa shape index (κ3) is 5.31. The molecule has 0 fully saturated rings. The van der Waals surface area contributed by atoms with E-state index in [9.17, 15) is 13.2 Å². The topological polar surface area (TPSA) is 73.8 Å². The van der Waals surface area contributed by atoms with Crippen molar-refractivity contribution < 1.29 is 13.2 Å². The number of amides is 1. The number of rotatable bonds is 9. The zero-order valence-corrected chi connectivity index (χ0v) is 24.5. The first-order valence-corrected chi connectivity index (χ1v) is 15.6. The Balaban J connectivity index is 1.44. The van der Waals surface area contributed by atoms with E-state index in [0.717, 1.165) is 40.1 Å². The number of hydrogen-bond acceptors (Lipinski definition) is 6. The molecule has 1 aromatic heterocycles. The summed E-state index contributed by atoms with van der Waals surface area (Å²) in [5.41, 5.74) is 5.42. The second kappa shape index (κ2) is 11.1. The summed E-state index contributed by atoms with van der Waals surface area (Å²) in [6.07, 6.45) is 0.689. The number of benzene rings is 3. The average molecular weight is 563 g/mol. The summed E-state index contributed by atoms with van der Waals surface area (Å²) in [4.78, 5) is 22.8. The number of likely N-dealkylation sites (N-methyl/N-ethyl adjacent to an activating group) is 1. The number of carbonyl (C=O) groups excluding carboxylic acids is 1. The van der Waals surface area contributed by atoms with Crippen LogP contribution in [0.4, 0.5) is 10.8 Å². The molecule has 0 radical (unpaired) electrons. The summed E-state index contributed by atoms with van der Waals surface area (Å²) in [5, 5.41) is 0.650. The Hall–Kier alpha value is -3.27. The largest absolute Gasteiger partial charge is 0.302 e. The van der Waals surface area contributed by atoms with Gasteiger partial charge in [0.2, 0.25) is 0 Å². The standard InChI is InChI=1S/C30H34N4O3S2/c1-5-32(6-2)17-18-33(30-31-26-19-21(3)22(4)20-28(26)38-30)29(35)24-11-13-25(14-12-24)39(36,37)34-16-15-23-9-7-8-10-27(23)34/h7-14,19-20H,5-6,15-18H2,1-4H3. The molecule has 39 heavy (non-hydrogen) atoms. The number of thiazole rings is 1. The molecule has 0 aliphatic carbocycles. The first kappa shape index (κ1) is 27.3. The van der Waals surface area contributed by atoms with Gasteiger partial charge in [-0.25, -0.2) is 13.4 Å². The lowest BCUT2D eigenvalue weighted by molar-refractivity contribution is 0.0983. The van der Waals surface area contributed by atoms with Gasteiger partial charge in [-0.15, -0.1) is 0 Å². The molecule has 0 N–H and O–H groups in total. The normalized spacial score (nSPS) is 13.3. The van der Waals surface area contributed by atoms with E-state index in [1.807, 2.05) is 24.3 Å². The van der Waals surface area contributed by atoms with E-state index in [0.29, 0.717) is 36.8 Å². The van der Waals surface area contributed by atoms with Crippen LogP contribution in [-0.4, -0.2) is 56.9 Å². The number of aromatic nitrogens is 1. The summed E-state index contributed by atoms with van der Waals surface area (Å²) in [6, 6.07) is 18.1. The Morgan fingerprint density at radius 1 is 0.974 bits per heavy atom. The molecular formula is C30H34N4O3S2. The predicted octanol–water partition coefficient (Wildman–Crippen LogP) is 5.65. The van der Waals surface area contributed by atoms with Gasteiger partial charge in [-0.1, -0.05) is 43.4 Å². The van der Waals surface area contributed by atoms with Gasteiger partial charge in [-0.05, 0) is 92.5 Å². The molecule has 2 heterocycles. The molecule has 0 saturated heterocycles. The van der Waals surface area contributed by atoms with Crippen molar-refractivity contribution in [2.24, 2.45) is 0 Å². The van der Waals surface area contributed by atoms with Crippen LogP contribution in [0.1, 0.15) is 40.9 Å². The van der Waals surface area contributed by atoms with Crippen molar-refractivity contribution >= 4 is 48.3 Å². The third-order valence-corrected chi connectivity index (χ3v) is 10.4. The molecule has 3 aromatic carbocycles. The van der Waals surface area contributed by atoms with Gasteiger partial charge >= 0.3 is 0 Å². The third-order valence-electron chi connectivity index (χ3n) is 7.54. The van der Waals surface area contributed by atoms with Crippen LogP contribution < -0.4 is 9.21 Å².